The SMILES string of the molecule is CCOC(=O)N(C)CCCC(N)=O. The lowest BCUT2D eigenvalue weighted by molar-refractivity contribution is -0.118. The van der Waals surface area contributed by atoms with Crippen molar-refractivity contribution in [3.63, 3.8) is 0 Å². The van der Waals surface area contributed by atoms with Crippen molar-refractivity contribution in [2.24, 2.45) is 5.73 Å². The first kappa shape index (κ1) is 11.7. The molecule has 0 aliphatic heterocycles. The summed E-state index contributed by atoms with van der Waals surface area (Å²) in [5, 5.41) is 0. The number of rotatable bonds is 5. The molecule has 0 aliphatic rings. The molecule has 0 heterocycles. The zero-order valence-electron chi connectivity index (χ0n) is 8.08. The summed E-state index contributed by atoms with van der Waals surface area (Å²) in [7, 11) is 1.62. The van der Waals surface area contributed by atoms with Crippen molar-refractivity contribution in [2.45, 2.75) is 19.8 Å². The molecular weight excluding hydrogens is 172 g/mol. The molecule has 0 spiro atoms. The number of nitrogens with zero attached hydrogens (tertiary/aromatic N) is 1. The lowest BCUT2D eigenvalue weighted by Crippen LogP contribution is -2.29. The predicted molar refractivity (Wildman–Crippen MR) is 48.1 cm³/mol. The lowest BCUT2D eigenvalue weighted by Gasteiger charge is -2.15. The summed E-state index contributed by atoms with van der Waals surface area (Å²) in [6.45, 7) is 2.59. The molecule has 0 saturated carbocycles. The van der Waals surface area contributed by atoms with Crippen LogP contribution in [0.1, 0.15) is 19.8 Å². The van der Waals surface area contributed by atoms with Crippen molar-refractivity contribution >= 4 is 12.0 Å². The Labute approximate surface area is 77.8 Å². The monoisotopic (exact) mass is 188 g/mol. The summed E-state index contributed by atoms with van der Waals surface area (Å²) in [6.07, 6.45) is 0.501. The van der Waals surface area contributed by atoms with E-state index in [1.807, 2.05) is 0 Å². The van der Waals surface area contributed by atoms with Gasteiger partial charge in [0.2, 0.25) is 5.91 Å². The smallest absolute Gasteiger partial charge is 0.409 e. The van der Waals surface area contributed by atoms with E-state index in [1.54, 1.807) is 14.0 Å². The van der Waals surface area contributed by atoms with Gasteiger partial charge < -0.3 is 15.4 Å². The second-order valence-corrected chi connectivity index (χ2v) is 2.69. The lowest BCUT2D eigenvalue weighted by atomic mass is 10.3. The predicted octanol–water partition coefficient (Wildman–Crippen LogP) is 0.340. The van der Waals surface area contributed by atoms with Gasteiger partial charge >= 0.3 is 6.09 Å². The molecule has 0 atom stereocenters. The fraction of sp³-hybridized carbons (Fsp3) is 0.750. The minimum absolute atomic E-state index is 0.295. The van der Waals surface area contributed by atoms with E-state index < -0.39 is 0 Å². The highest BCUT2D eigenvalue weighted by Gasteiger charge is 2.08. The highest BCUT2D eigenvalue weighted by molar-refractivity contribution is 5.73. The molecule has 0 fully saturated rings. The molecule has 0 radical (unpaired) electrons. The van der Waals surface area contributed by atoms with Crippen LogP contribution in [0.3, 0.4) is 0 Å². The molecule has 0 aromatic heterocycles. The van der Waals surface area contributed by atoms with Gasteiger partial charge in [0.15, 0.2) is 0 Å². The molecule has 5 nitrogen and oxygen atoms in total. The number of carbonyl (C=O) groups excluding carboxylic acids is 2. The van der Waals surface area contributed by atoms with Crippen LogP contribution in [0.2, 0.25) is 0 Å². The molecule has 0 aromatic carbocycles. The Bertz CT molecular complexity index is 182. The van der Waals surface area contributed by atoms with Crippen LogP contribution >= 0.6 is 0 Å². The molecule has 0 aromatic rings. The third kappa shape index (κ3) is 5.95. The van der Waals surface area contributed by atoms with Crippen molar-refractivity contribution in [3.8, 4) is 0 Å². The number of nitrogens with two attached hydrogens (primary N) is 1. The summed E-state index contributed by atoms with van der Waals surface area (Å²) >= 11 is 0. The van der Waals surface area contributed by atoms with Gasteiger partial charge in [-0.15, -0.1) is 0 Å². The van der Waals surface area contributed by atoms with Crippen molar-refractivity contribution in [1.29, 1.82) is 0 Å². The van der Waals surface area contributed by atoms with E-state index in [-0.39, 0.29) is 12.0 Å². The van der Waals surface area contributed by atoms with Crippen LogP contribution in [0.15, 0.2) is 0 Å². The van der Waals surface area contributed by atoms with Crippen LogP contribution in [-0.4, -0.2) is 37.1 Å². The van der Waals surface area contributed by atoms with E-state index in [2.05, 4.69) is 0 Å². The Balaban J connectivity index is 3.55. The van der Waals surface area contributed by atoms with Gasteiger partial charge in [0.25, 0.3) is 0 Å². The largest absolute Gasteiger partial charge is 0.450 e. The van der Waals surface area contributed by atoms with Gasteiger partial charge in [-0.05, 0) is 13.3 Å². The number of amides is 2. The maximum absolute atomic E-state index is 11.0. The maximum Gasteiger partial charge on any atom is 0.409 e. The normalized spacial score (nSPS) is 9.38. The highest BCUT2D eigenvalue weighted by Crippen LogP contribution is 1.95. The molecule has 5 heteroatoms. The van der Waals surface area contributed by atoms with E-state index in [0.29, 0.717) is 26.0 Å². The van der Waals surface area contributed by atoms with E-state index in [9.17, 15) is 9.59 Å². The highest BCUT2D eigenvalue weighted by atomic mass is 16.5. The van der Waals surface area contributed by atoms with Gasteiger partial charge in [-0.25, -0.2) is 4.79 Å². The molecule has 2 amide bonds. The molecule has 13 heavy (non-hydrogen) atoms. The molecule has 0 unspecified atom stereocenters. The summed E-state index contributed by atoms with van der Waals surface area (Å²) in [5.74, 6) is -0.350. The zero-order valence-corrected chi connectivity index (χ0v) is 8.08. The van der Waals surface area contributed by atoms with Crippen LogP contribution in [0.4, 0.5) is 4.79 Å². The molecule has 0 aliphatic carbocycles. The van der Waals surface area contributed by atoms with Crippen LogP contribution < -0.4 is 5.73 Å². The number of hydrogen-bond acceptors (Lipinski definition) is 3. The van der Waals surface area contributed by atoms with Gasteiger partial charge in [0, 0.05) is 20.0 Å². The van der Waals surface area contributed by atoms with E-state index in [4.69, 9.17) is 10.5 Å². The van der Waals surface area contributed by atoms with Crippen LogP contribution in [0, 0.1) is 0 Å². The third-order valence-electron chi connectivity index (χ3n) is 1.50. The molecule has 76 valence electrons. The standard InChI is InChI=1S/C8H16N2O3/c1-3-13-8(12)10(2)6-4-5-7(9)11/h3-6H2,1-2H3,(H2,9,11). The average molecular weight is 188 g/mol. The number of hydrogen-bond donors (Lipinski definition) is 1. The number of carbonyl (C=O) groups is 2. The molecular formula is C8H16N2O3. The fourth-order valence-corrected chi connectivity index (χ4v) is 0.815. The number of primary amides is 1. The maximum atomic E-state index is 11.0. The Morgan fingerprint density at radius 3 is 2.54 bits per heavy atom. The van der Waals surface area contributed by atoms with Gasteiger partial charge in [0.1, 0.15) is 0 Å². The van der Waals surface area contributed by atoms with Crippen molar-refractivity contribution < 1.29 is 14.3 Å². The topological polar surface area (TPSA) is 72.6 Å². The molecule has 0 bridgehead atoms. The minimum atomic E-state index is -0.369. The van der Waals surface area contributed by atoms with E-state index in [0.717, 1.165) is 0 Å². The molecule has 0 saturated heterocycles. The Kier molecular flexibility index (Phi) is 5.67. The summed E-state index contributed by atoms with van der Waals surface area (Å²) in [5.41, 5.74) is 4.94. The van der Waals surface area contributed by atoms with E-state index >= 15 is 0 Å². The van der Waals surface area contributed by atoms with Gasteiger partial charge in [-0.1, -0.05) is 0 Å². The summed E-state index contributed by atoms with van der Waals surface area (Å²) < 4.78 is 4.73. The Hall–Kier alpha value is -1.26. The van der Waals surface area contributed by atoms with Crippen LogP contribution in [0.5, 0.6) is 0 Å². The Morgan fingerprint density at radius 2 is 2.08 bits per heavy atom. The first-order valence-corrected chi connectivity index (χ1v) is 4.24. The van der Waals surface area contributed by atoms with Crippen LogP contribution in [0.25, 0.3) is 0 Å². The summed E-state index contributed by atoms with van der Waals surface area (Å²) in [4.78, 5) is 22.8. The number of ether oxygens (including phenoxy) is 1. The Morgan fingerprint density at radius 1 is 1.46 bits per heavy atom. The van der Waals surface area contributed by atoms with Crippen molar-refractivity contribution in [3.05, 3.63) is 0 Å². The van der Waals surface area contributed by atoms with E-state index in [1.165, 1.54) is 4.90 Å². The second kappa shape index (κ2) is 6.28. The third-order valence-corrected chi connectivity index (χ3v) is 1.50. The van der Waals surface area contributed by atoms with Gasteiger partial charge in [-0.3, -0.25) is 4.79 Å². The first-order chi connectivity index (χ1) is 6.07. The van der Waals surface area contributed by atoms with Crippen LogP contribution in [-0.2, 0) is 9.53 Å². The zero-order chi connectivity index (χ0) is 10.3. The first-order valence-electron chi connectivity index (χ1n) is 4.24. The van der Waals surface area contributed by atoms with Gasteiger partial charge in [0.05, 0.1) is 6.61 Å². The second-order valence-electron chi connectivity index (χ2n) is 2.69. The van der Waals surface area contributed by atoms with Gasteiger partial charge in [-0.2, -0.15) is 0 Å². The average Bonchev–Trinajstić information content (AvgIpc) is 2.04. The summed E-state index contributed by atoms with van der Waals surface area (Å²) in [6, 6.07) is 0. The molecule has 0 rings (SSSR count). The van der Waals surface area contributed by atoms with Crippen molar-refractivity contribution in [2.75, 3.05) is 20.2 Å². The van der Waals surface area contributed by atoms with Crippen molar-refractivity contribution in [1.82, 2.24) is 4.90 Å². The molecule has 2 N–H and O–H groups in total. The fourth-order valence-electron chi connectivity index (χ4n) is 0.815. The quantitative estimate of drug-likeness (QED) is 0.676. The minimum Gasteiger partial charge on any atom is -0.450 e.